The van der Waals surface area contributed by atoms with Crippen molar-refractivity contribution in [1.29, 1.82) is 0 Å². The van der Waals surface area contributed by atoms with Crippen LogP contribution in [0.3, 0.4) is 0 Å². The van der Waals surface area contributed by atoms with Gasteiger partial charge in [-0.1, -0.05) is 27.7 Å². The Morgan fingerprint density at radius 1 is 0.706 bits per heavy atom. The van der Waals surface area contributed by atoms with Crippen LogP contribution in [0.5, 0.6) is 0 Å². The van der Waals surface area contributed by atoms with Crippen molar-refractivity contribution in [2.75, 3.05) is 0 Å². The van der Waals surface area contributed by atoms with E-state index in [1.54, 1.807) is 0 Å². The van der Waals surface area contributed by atoms with Gasteiger partial charge >= 0.3 is 0 Å². The van der Waals surface area contributed by atoms with Gasteiger partial charge < -0.3 is 19.8 Å². The van der Waals surface area contributed by atoms with Gasteiger partial charge in [0.05, 0.1) is 0 Å². The second kappa shape index (κ2) is 10.7. The third kappa shape index (κ3) is 11.8. The number of hydrogen-bond acceptors (Lipinski definition) is 6. The first-order chi connectivity index (χ1) is 7.11. The van der Waals surface area contributed by atoms with Gasteiger partial charge in [0, 0.05) is 49.6 Å². The smallest absolute Gasteiger partial charge is 0.180 e. The molecule has 0 aliphatic carbocycles. The van der Waals surface area contributed by atoms with E-state index in [9.17, 15) is 29.4 Å². The molecule has 0 aliphatic rings. The van der Waals surface area contributed by atoms with Crippen LogP contribution in [0.25, 0.3) is 0 Å². The topological polar surface area (TPSA) is 114 Å². The average molecular weight is 270 g/mol. The molecule has 7 heteroatoms. The number of carboxylic acid groups (broad SMARTS) is 2. The summed E-state index contributed by atoms with van der Waals surface area (Å²) in [5.41, 5.74) is 0. The Labute approximate surface area is 129 Å². The molecule has 0 saturated heterocycles. The number of carboxylic acids is 2. The van der Waals surface area contributed by atoms with Crippen LogP contribution in [0.2, 0.25) is 0 Å². The normalized spacial score (nSPS) is 8.82. The minimum atomic E-state index is -1.60. The molecule has 0 rings (SSSR count). The molecule has 0 aromatic carbocycles. The number of ketones is 2. The fourth-order valence-electron chi connectivity index (χ4n) is 0.471. The molecule has 6 nitrogen and oxygen atoms in total. The fraction of sp³-hybridized carbons (Fsp3) is 0.600. The molecule has 17 heavy (non-hydrogen) atoms. The quantitative estimate of drug-likeness (QED) is 0.413. The Morgan fingerprint density at radius 2 is 0.882 bits per heavy atom. The Kier molecular flexibility index (Phi) is 13.7. The van der Waals surface area contributed by atoms with Crippen LogP contribution < -0.4 is 10.2 Å². The van der Waals surface area contributed by atoms with E-state index in [1.807, 2.05) is 0 Å². The van der Waals surface area contributed by atoms with Crippen LogP contribution in [0.15, 0.2) is 0 Å². The van der Waals surface area contributed by atoms with Gasteiger partial charge in [-0.15, -0.1) is 0 Å². The van der Waals surface area contributed by atoms with Crippen LogP contribution in [-0.4, -0.2) is 61.2 Å². The Hall–Kier alpha value is -0.460. The molecule has 94 valence electrons. The predicted octanol–water partition coefficient (Wildman–Crippen LogP) is -2.46. The van der Waals surface area contributed by atoms with E-state index in [-0.39, 0.29) is 37.7 Å². The van der Waals surface area contributed by atoms with Crippen molar-refractivity contribution >= 4 is 61.2 Å². The summed E-state index contributed by atoms with van der Waals surface area (Å²) in [6.45, 7) is 6.05. The maximum Gasteiger partial charge on any atom is 0.180 e. The van der Waals surface area contributed by atoms with E-state index in [2.05, 4.69) is 0 Å². The number of hydrogen-bond donors (Lipinski definition) is 0. The molecule has 0 spiro atoms. The molecule has 2 radical (unpaired) electrons. The standard InChI is InChI=1S/2C5H8O3.Ca/c2*1-3(2)4(6)5(7)8;/h2*3H,1-2H3,(H,7,8);/p-2. The summed E-state index contributed by atoms with van der Waals surface area (Å²) in [5.74, 6) is -5.80. The van der Waals surface area contributed by atoms with Crippen molar-refractivity contribution in [3.8, 4) is 0 Å². The third-order valence-electron chi connectivity index (χ3n) is 1.45. The van der Waals surface area contributed by atoms with Crippen LogP contribution in [0, 0.1) is 11.8 Å². The molecule has 0 saturated carbocycles. The van der Waals surface area contributed by atoms with Crippen molar-refractivity contribution < 1.29 is 29.4 Å². The molecule has 0 aliphatic heterocycles. The number of aliphatic carboxylic acids is 2. The van der Waals surface area contributed by atoms with E-state index in [0.29, 0.717) is 0 Å². The van der Waals surface area contributed by atoms with Gasteiger partial charge in [0.1, 0.15) is 11.9 Å². The van der Waals surface area contributed by atoms with Crippen LogP contribution in [0.1, 0.15) is 27.7 Å². The molecule has 0 aromatic heterocycles. The summed E-state index contributed by atoms with van der Waals surface area (Å²) in [4.78, 5) is 39.7. The maximum absolute atomic E-state index is 10.2. The molecule has 0 aromatic rings. The second-order valence-electron chi connectivity index (χ2n) is 3.61. The summed E-state index contributed by atoms with van der Waals surface area (Å²) >= 11 is 0. The van der Waals surface area contributed by atoms with Gasteiger partial charge in [-0.2, -0.15) is 0 Å². The number of Topliss-reactive ketones (excluding diaryl/α,β-unsaturated/α-hetero) is 2. The largest absolute Gasteiger partial charge is 0.542 e. The van der Waals surface area contributed by atoms with Gasteiger partial charge in [0.2, 0.25) is 0 Å². The minimum Gasteiger partial charge on any atom is -0.542 e. The number of carbonyl (C=O) groups excluding carboxylic acids is 4. The predicted molar refractivity (Wildman–Crippen MR) is 55.5 cm³/mol. The molecule has 0 unspecified atom stereocenters. The Balaban J connectivity index is -0.000000218. The van der Waals surface area contributed by atoms with E-state index < -0.39 is 35.3 Å². The summed E-state index contributed by atoms with van der Waals surface area (Å²) in [6, 6.07) is 0. The number of rotatable bonds is 4. The average Bonchev–Trinajstić information content (AvgIpc) is 2.15. The summed E-state index contributed by atoms with van der Waals surface area (Å²) in [6.07, 6.45) is 0. The van der Waals surface area contributed by atoms with Crippen LogP contribution in [-0.2, 0) is 19.2 Å². The maximum atomic E-state index is 10.2. The minimum absolute atomic E-state index is 0. The summed E-state index contributed by atoms with van der Waals surface area (Å²) in [7, 11) is 0. The number of carbonyl (C=O) groups is 4. The van der Waals surface area contributed by atoms with Crippen molar-refractivity contribution in [3.63, 3.8) is 0 Å². The Bertz CT molecular complexity index is 265. The van der Waals surface area contributed by atoms with Gasteiger partial charge in [0.15, 0.2) is 11.6 Å². The zero-order chi connectivity index (χ0) is 13.5. The fourth-order valence-corrected chi connectivity index (χ4v) is 0.471. The molecular formula is C10H14CaO6-2. The van der Waals surface area contributed by atoms with Gasteiger partial charge in [-0.3, -0.25) is 9.59 Å². The van der Waals surface area contributed by atoms with Crippen LogP contribution >= 0.6 is 0 Å². The monoisotopic (exact) mass is 270 g/mol. The van der Waals surface area contributed by atoms with Gasteiger partial charge in [-0.05, 0) is 0 Å². The van der Waals surface area contributed by atoms with E-state index in [0.717, 1.165) is 0 Å². The molecule has 0 amide bonds. The molecular weight excluding hydrogens is 256 g/mol. The summed E-state index contributed by atoms with van der Waals surface area (Å²) < 4.78 is 0. The van der Waals surface area contributed by atoms with Crippen molar-refractivity contribution in [2.24, 2.45) is 11.8 Å². The SMILES string of the molecule is CC(C)C(=O)C(=O)[O-].CC(C)C(=O)C(=O)[O-].[Ca]. The first-order valence-electron chi connectivity index (χ1n) is 4.61. The second-order valence-corrected chi connectivity index (χ2v) is 3.61. The zero-order valence-electron chi connectivity index (χ0n) is 10.3. The van der Waals surface area contributed by atoms with Crippen LogP contribution in [0.4, 0.5) is 0 Å². The molecule has 0 fully saturated rings. The zero-order valence-corrected chi connectivity index (χ0v) is 12.5. The Morgan fingerprint density at radius 3 is 0.882 bits per heavy atom. The van der Waals surface area contributed by atoms with Crippen molar-refractivity contribution in [2.45, 2.75) is 27.7 Å². The summed E-state index contributed by atoms with van der Waals surface area (Å²) in [5, 5.41) is 19.4. The first-order valence-corrected chi connectivity index (χ1v) is 4.61. The van der Waals surface area contributed by atoms with E-state index in [1.165, 1.54) is 27.7 Å². The van der Waals surface area contributed by atoms with E-state index >= 15 is 0 Å². The van der Waals surface area contributed by atoms with E-state index in [4.69, 9.17) is 0 Å². The molecule has 0 N–H and O–H groups in total. The molecule has 0 heterocycles. The van der Waals surface area contributed by atoms with Gasteiger partial charge in [0.25, 0.3) is 0 Å². The molecule has 0 atom stereocenters. The third-order valence-corrected chi connectivity index (χ3v) is 1.45. The van der Waals surface area contributed by atoms with Crippen molar-refractivity contribution in [1.82, 2.24) is 0 Å². The van der Waals surface area contributed by atoms with Gasteiger partial charge in [-0.25, -0.2) is 0 Å². The molecule has 0 bridgehead atoms. The van der Waals surface area contributed by atoms with Crippen molar-refractivity contribution in [3.05, 3.63) is 0 Å². The first kappa shape index (κ1) is 21.8.